The molecule has 0 heterocycles. The third-order valence-corrected chi connectivity index (χ3v) is 3.34. The molecule has 0 aromatic heterocycles. The molecule has 0 aliphatic carbocycles. The lowest BCUT2D eigenvalue weighted by atomic mass is 10.3. The van der Waals surface area contributed by atoms with Gasteiger partial charge in [0.05, 0.1) is 26.1 Å². The van der Waals surface area contributed by atoms with E-state index < -0.39 is 0 Å². The van der Waals surface area contributed by atoms with Crippen molar-refractivity contribution in [1.82, 2.24) is 10.2 Å². The number of carbonyl (C=O) groups excluding carboxylic acids is 2. The van der Waals surface area contributed by atoms with Crippen LogP contribution in [0.5, 0.6) is 0 Å². The van der Waals surface area contributed by atoms with E-state index in [9.17, 15) is 9.59 Å². The van der Waals surface area contributed by atoms with Crippen LogP contribution in [0.1, 0.15) is 52.9 Å². The van der Waals surface area contributed by atoms with E-state index in [0.717, 1.165) is 45.4 Å². The number of nitrogens with zero attached hydrogens (tertiary/aromatic N) is 1. The number of hydrogen-bond donors (Lipinski definition) is 1. The van der Waals surface area contributed by atoms with Crippen molar-refractivity contribution in [3.05, 3.63) is 0 Å². The summed E-state index contributed by atoms with van der Waals surface area (Å²) in [6.07, 6.45) is 3.94. The molecule has 0 unspecified atom stereocenters. The second-order valence-electron chi connectivity index (χ2n) is 5.47. The summed E-state index contributed by atoms with van der Waals surface area (Å²) < 4.78 is 9.98. The van der Waals surface area contributed by atoms with Gasteiger partial charge in [0.25, 0.3) is 0 Å². The second-order valence-corrected chi connectivity index (χ2v) is 5.47. The van der Waals surface area contributed by atoms with Crippen LogP contribution in [0.3, 0.4) is 0 Å². The van der Waals surface area contributed by atoms with Gasteiger partial charge in [-0.15, -0.1) is 0 Å². The fraction of sp³-hybridized carbons (Fsp3) is 0.882. The molecule has 0 aromatic rings. The van der Waals surface area contributed by atoms with Crippen molar-refractivity contribution in [3.63, 3.8) is 0 Å². The van der Waals surface area contributed by atoms with Gasteiger partial charge < -0.3 is 19.7 Å². The molecule has 0 spiro atoms. The van der Waals surface area contributed by atoms with Crippen LogP contribution in [0.15, 0.2) is 0 Å². The van der Waals surface area contributed by atoms with Crippen molar-refractivity contribution in [2.75, 3.05) is 45.9 Å². The van der Waals surface area contributed by atoms with Crippen LogP contribution in [0.2, 0.25) is 0 Å². The van der Waals surface area contributed by atoms with Crippen LogP contribution in [-0.2, 0) is 19.1 Å². The van der Waals surface area contributed by atoms with E-state index in [-0.39, 0.29) is 11.9 Å². The molecule has 0 saturated carbocycles. The van der Waals surface area contributed by atoms with Crippen LogP contribution >= 0.6 is 0 Å². The van der Waals surface area contributed by atoms with Crippen molar-refractivity contribution in [2.45, 2.75) is 52.9 Å². The number of hydrogen-bond acceptors (Lipinski definition) is 6. The lowest BCUT2D eigenvalue weighted by Gasteiger charge is -2.21. The van der Waals surface area contributed by atoms with Crippen LogP contribution in [0.25, 0.3) is 0 Å². The molecule has 0 radical (unpaired) electrons. The minimum absolute atomic E-state index is 0.122. The molecular formula is C17H34N2O4. The predicted molar refractivity (Wildman–Crippen MR) is 91.3 cm³/mol. The summed E-state index contributed by atoms with van der Waals surface area (Å²) in [6.45, 7) is 10.9. The van der Waals surface area contributed by atoms with Gasteiger partial charge in [0.2, 0.25) is 0 Å². The van der Waals surface area contributed by atoms with E-state index in [1.807, 2.05) is 13.8 Å². The Labute approximate surface area is 140 Å². The number of rotatable bonds is 15. The van der Waals surface area contributed by atoms with Crippen LogP contribution < -0.4 is 5.32 Å². The Morgan fingerprint density at radius 2 is 1.61 bits per heavy atom. The molecule has 0 aliphatic heterocycles. The Balaban J connectivity index is 3.86. The van der Waals surface area contributed by atoms with Gasteiger partial charge in [-0.05, 0) is 26.3 Å². The Hall–Kier alpha value is -1.14. The fourth-order valence-electron chi connectivity index (χ4n) is 2.04. The lowest BCUT2D eigenvalue weighted by Crippen LogP contribution is -2.35. The number of esters is 2. The van der Waals surface area contributed by atoms with Gasteiger partial charge in [-0.2, -0.15) is 0 Å². The summed E-state index contributed by atoms with van der Waals surface area (Å²) in [5, 5.41) is 3.24. The molecule has 0 bridgehead atoms. The first kappa shape index (κ1) is 21.9. The van der Waals surface area contributed by atoms with Gasteiger partial charge in [0.15, 0.2) is 0 Å². The van der Waals surface area contributed by atoms with E-state index in [0.29, 0.717) is 32.6 Å². The van der Waals surface area contributed by atoms with Crippen LogP contribution in [0.4, 0.5) is 0 Å². The molecule has 0 aromatic carbocycles. The van der Waals surface area contributed by atoms with Crippen molar-refractivity contribution in [1.29, 1.82) is 0 Å². The van der Waals surface area contributed by atoms with Gasteiger partial charge in [0.1, 0.15) is 0 Å². The van der Waals surface area contributed by atoms with Gasteiger partial charge in [0, 0.05) is 26.2 Å². The largest absolute Gasteiger partial charge is 0.466 e. The monoisotopic (exact) mass is 330 g/mol. The smallest absolute Gasteiger partial charge is 0.307 e. The van der Waals surface area contributed by atoms with Crippen molar-refractivity contribution in [3.8, 4) is 0 Å². The topological polar surface area (TPSA) is 67.9 Å². The summed E-state index contributed by atoms with van der Waals surface area (Å²) in [4.78, 5) is 25.1. The maximum Gasteiger partial charge on any atom is 0.307 e. The zero-order valence-electron chi connectivity index (χ0n) is 15.1. The van der Waals surface area contributed by atoms with Crippen molar-refractivity contribution in [2.24, 2.45) is 0 Å². The molecule has 23 heavy (non-hydrogen) atoms. The van der Waals surface area contributed by atoms with E-state index in [4.69, 9.17) is 9.47 Å². The first-order valence-electron chi connectivity index (χ1n) is 8.88. The third kappa shape index (κ3) is 14.2. The molecule has 0 saturated heterocycles. The maximum atomic E-state index is 11.6. The highest BCUT2D eigenvalue weighted by molar-refractivity contribution is 5.69. The van der Waals surface area contributed by atoms with Gasteiger partial charge in [-0.1, -0.05) is 20.3 Å². The third-order valence-electron chi connectivity index (χ3n) is 3.34. The molecule has 0 atom stereocenters. The normalized spacial score (nSPS) is 10.8. The maximum absolute atomic E-state index is 11.6. The van der Waals surface area contributed by atoms with E-state index in [1.54, 1.807) is 0 Å². The number of unbranched alkanes of at least 4 members (excludes halogenated alkanes) is 1. The van der Waals surface area contributed by atoms with E-state index in [1.165, 1.54) is 0 Å². The molecular weight excluding hydrogens is 296 g/mol. The van der Waals surface area contributed by atoms with Gasteiger partial charge in [-0.3, -0.25) is 9.59 Å². The Morgan fingerprint density at radius 1 is 0.870 bits per heavy atom. The summed E-state index contributed by atoms with van der Waals surface area (Å²) in [7, 11) is 0. The Morgan fingerprint density at radius 3 is 2.26 bits per heavy atom. The summed E-state index contributed by atoms with van der Waals surface area (Å²) in [5.74, 6) is -0.287. The number of carbonyl (C=O) groups is 2. The van der Waals surface area contributed by atoms with Crippen molar-refractivity contribution < 1.29 is 19.1 Å². The standard InChI is InChI=1S/C17H34N2O4/c1-4-7-12-19(13-9-17(21)23-15-5-2)14-11-18-10-8-16(20)22-6-3/h18H,4-15H2,1-3H3. The van der Waals surface area contributed by atoms with Crippen LogP contribution in [-0.4, -0.2) is 62.8 Å². The first-order valence-corrected chi connectivity index (χ1v) is 8.88. The molecule has 0 aliphatic rings. The highest BCUT2D eigenvalue weighted by atomic mass is 16.5. The number of nitrogens with one attached hydrogen (secondary N) is 1. The van der Waals surface area contributed by atoms with Crippen LogP contribution in [0, 0.1) is 0 Å². The van der Waals surface area contributed by atoms with Crippen molar-refractivity contribution >= 4 is 11.9 Å². The molecule has 6 heteroatoms. The van der Waals surface area contributed by atoms with Gasteiger partial charge >= 0.3 is 11.9 Å². The molecule has 1 N–H and O–H groups in total. The molecule has 0 amide bonds. The summed E-state index contributed by atoms with van der Waals surface area (Å²) in [5.41, 5.74) is 0. The molecule has 0 rings (SSSR count). The summed E-state index contributed by atoms with van der Waals surface area (Å²) in [6, 6.07) is 0. The Kier molecular flexibility index (Phi) is 15.0. The molecule has 6 nitrogen and oxygen atoms in total. The number of ether oxygens (including phenoxy) is 2. The molecule has 136 valence electrons. The minimum atomic E-state index is -0.165. The predicted octanol–water partition coefficient (Wildman–Crippen LogP) is 1.97. The quantitative estimate of drug-likeness (QED) is 0.366. The fourth-order valence-corrected chi connectivity index (χ4v) is 2.04. The Bertz CT molecular complexity index is 311. The zero-order chi connectivity index (χ0) is 17.3. The highest BCUT2D eigenvalue weighted by Crippen LogP contribution is 1.98. The summed E-state index contributed by atoms with van der Waals surface area (Å²) >= 11 is 0. The van der Waals surface area contributed by atoms with Gasteiger partial charge in [-0.25, -0.2) is 0 Å². The highest BCUT2D eigenvalue weighted by Gasteiger charge is 2.09. The zero-order valence-corrected chi connectivity index (χ0v) is 15.1. The minimum Gasteiger partial charge on any atom is -0.466 e. The average Bonchev–Trinajstić information content (AvgIpc) is 2.54. The van der Waals surface area contributed by atoms with E-state index >= 15 is 0 Å². The SMILES string of the molecule is CCCCN(CCNCCC(=O)OCC)CCC(=O)OCCC. The first-order chi connectivity index (χ1) is 11.1. The molecule has 0 fully saturated rings. The lowest BCUT2D eigenvalue weighted by molar-refractivity contribution is -0.144. The average molecular weight is 330 g/mol. The van der Waals surface area contributed by atoms with E-state index in [2.05, 4.69) is 17.1 Å². The second kappa shape index (κ2) is 15.7.